The highest BCUT2D eigenvalue weighted by molar-refractivity contribution is 6.31. The van der Waals surface area contributed by atoms with Gasteiger partial charge < -0.3 is 10.3 Å². The van der Waals surface area contributed by atoms with Gasteiger partial charge in [-0.25, -0.2) is 4.98 Å². The SMILES string of the molecule is CCC(CC)Cn1c(N)nc2ccc(Cl)cc21. The molecular weight excluding hydrogens is 234 g/mol. The van der Waals surface area contributed by atoms with E-state index in [1.54, 1.807) is 0 Å². The van der Waals surface area contributed by atoms with Gasteiger partial charge in [0, 0.05) is 11.6 Å². The molecule has 4 heteroatoms. The number of benzene rings is 1. The highest BCUT2D eigenvalue weighted by Gasteiger charge is 2.12. The maximum Gasteiger partial charge on any atom is 0.201 e. The molecule has 17 heavy (non-hydrogen) atoms. The third kappa shape index (κ3) is 2.39. The molecule has 0 aliphatic carbocycles. The number of hydrogen-bond donors (Lipinski definition) is 1. The molecule has 1 aromatic carbocycles. The topological polar surface area (TPSA) is 43.8 Å². The Labute approximate surface area is 107 Å². The van der Waals surface area contributed by atoms with Gasteiger partial charge in [0.05, 0.1) is 11.0 Å². The van der Waals surface area contributed by atoms with Gasteiger partial charge >= 0.3 is 0 Å². The highest BCUT2D eigenvalue weighted by atomic mass is 35.5. The first-order chi connectivity index (χ1) is 8.15. The molecule has 0 aliphatic heterocycles. The lowest BCUT2D eigenvalue weighted by Crippen LogP contribution is -2.11. The third-order valence-corrected chi connectivity index (χ3v) is 3.57. The van der Waals surface area contributed by atoms with Crippen LogP contribution in [-0.4, -0.2) is 9.55 Å². The van der Waals surface area contributed by atoms with Crippen molar-refractivity contribution in [2.45, 2.75) is 33.2 Å². The van der Waals surface area contributed by atoms with Crippen LogP contribution < -0.4 is 5.73 Å². The zero-order valence-corrected chi connectivity index (χ0v) is 11.0. The Morgan fingerprint density at radius 1 is 1.35 bits per heavy atom. The molecule has 0 fully saturated rings. The van der Waals surface area contributed by atoms with Crippen molar-refractivity contribution in [3.05, 3.63) is 23.2 Å². The zero-order valence-electron chi connectivity index (χ0n) is 10.3. The van der Waals surface area contributed by atoms with Gasteiger partial charge in [-0.2, -0.15) is 0 Å². The first-order valence-corrected chi connectivity index (χ1v) is 6.44. The van der Waals surface area contributed by atoms with E-state index in [2.05, 4.69) is 23.4 Å². The monoisotopic (exact) mass is 251 g/mol. The summed E-state index contributed by atoms with van der Waals surface area (Å²) >= 11 is 6.02. The summed E-state index contributed by atoms with van der Waals surface area (Å²) in [4.78, 5) is 4.36. The number of halogens is 1. The molecule has 0 aliphatic rings. The molecule has 2 N–H and O–H groups in total. The first kappa shape index (κ1) is 12.2. The van der Waals surface area contributed by atoms with E-state index in [0.717, 1.165) is 35.4 Å². The molecule has 0 saturated heterocycles. The van der Waals surface area contributed by atoms with Crippen LogP contribution in [0.2, 0.25) is 5.02 Å². The number of nitrogens with zero attached hydrogens (tertiary/aromatic N) is 2. The smallest absolute Gasteiger partial charge is 0.201 e. The summed E-state index contributed by atoms with van der Waals surface area (Å²) in [5.74, 6) is 1.21. The standard InChI is InChI=1S/C13H18ClN3/c1-3-9(4-2)8-17-12-7-10(14)5-6-11(12)16-13(17)15/h5-7,9H,3-4,8H2,1-2H3,(H2,15,16). The Hall–Kier alpha value is -1.22. The number of rotatable bonds is 4. The molecule has 3 nitrogen and oxygen atoms in total. The van der Waals surface area contributed by atoms with E-state index in [4.69, 9.17) is 17.3 Å². The number of hydrogen-bond acceptors (Lipinski definition) is 2. The minimum atomic E-state index is 0.578. The molecule has 0 saturated carbocycles. The lowest BCUT2D eigenvalue weighted by Gasteiger charge is -2.14. The van der Waals surface area contributed by atoms with Crippen molar-refractivity contribution in [3.63, 3.8) is 0 Å². The molecule has 0 spiro atoms. The maximum atomic E-state index is 6.02. The second-order valence-corrected chi connectivity index (χ2v) is 4.83. The summed E-state index contributed by atoms with van der Waals surface area (Å²) in [5, 5.41) is 0.725. The van der Waals surface area contributed by atoms with Gasteiger partial charge in [0.15, 0.2) is 0 Å². The Morgan fingerprint density at radius 3 is 2.71 bits per heavy atom. The van der Waals surface area contributed by atoms with Crippen LogP contribution in [0.25, 0.3) is 11.0 Å². The predicted molar refractivity (Wildman–Crippen MR) is 73.2 cm³/mol. The molecule has 0 amide bonds. The number of nitrogens with two attached hydrogens (primary N) is 1. The van der Waals surface area contributed by atoms with Crippen molar-refractivity contribution in [3.8, 4) is 0 Å². The van der Waals surface area contributed by atoms with Crippen LogP contribution in [-0.2, 0) is 6.54 Å². The van der Waals surface area contributed by atoms with Crippen molar-refractivity contribution in [2.75, 3.05) is 5.73 Å². The van der Waals surface area contributed by atoms with Gasteiger partial charge in [-0.15, -0.1) is 0 Å². The van der Waals surface area contributed by atoms with Crippen molar-refractivity contribution < 1.29 is 0 Å². The Balaban J connectivity index is 2.44. The molecule has 1 heterocycles. The summed E-state index contributed by atoms with van der Waals surface area (Å²) in [6.07, 6.45) is 2.30. The van der Waals surface area contributed by atoms with Crippen LogP contribution in [0, 0.1) is 5.92 Å². The van der Waals surface area contributed by atoms with E-state index < -0.39 is 0 Å². The second kappa shape index (κ2) is 4.96. The molecule has 1 aromatic heterocycles. The quantitative estimate of drug-likeness (QED) is 0.900. The predicted octanol–water partition coefficient (Wildman–Crippen LogP) is 3.71. The molecule has 2 aromatic rings. The van der Waals surface area contributed by atoms with E-state index in [-0.39, 0.29) is 0 Å². The number of aromatic nitrogens is 2. The fraction of sp³-hybridized carbons (Fsp3) is 0.462. The average Bonchev–Trinajstić information content (AvgIpc) is 2.62. The van der Waals surface area contributed by atoms with Gasteiger partial charge in [-0.05, 0) is 24.1 Å². The molecule has 0 unspecified atom stereocenters. The number of anilines is 1. The molecule has 2 rings (SSSR count). The van der Waals surface area contributed by atoms with Crippen LogP contribution in [0.15, 0.2) is 18.2 Å². The van der Waals surface area contributed by atoms with Crippen molar-refractivity contribution in [2.24, 2.45) is 5.92 Å². The fourth-order valence-electron chi connectivity index (χ4n) is 2.11. The van der Waals surface area contributed by atoms with Gasteiger partial charge in [0.25, 0.3) is 0 Å². The van der Waals surface area contributed by atoms with E-state index in [9.17, 15) is 0 Å². The van der Waals surface area contributed by atoms with Crippen LogP contribution in [0.5, 0.6) is 0 Å². The lowest BCUT2D eigenvalue weighted by molar-refractivity contribution is 0.427. The van der Waals surface area contributed by atoms with E-state index in [1.165, 1.54) is 0 Å². The summed E-state index contributed by atoms with van der Waals surface area (Å²) in [5.41, 5.74) is 7.91. The highest BCUT2D eigenvalue weighted by Crippen LogP contribution is 2.24. The van der Waals surface area contributed by atoms with Gasteiger partial charge in [0.2, 0.25) is 5.95 Å². The number of imidazole rings is 1. The summed E-state index contributed by atoms with van der Waals surface area (Å²) in [7, 11) is 0. The van der Waals surface area contributed by atoms with Crippen molar-refractivity contribution in [1.82, 2.24) is 9.55 Å². The van der Waals surface area contributed by atoms with E-state index >= 15 is 0 Å². The Kier molecular flexibility index (Phi) is 3.57. The third-order valence-electron chi connectivity index (χ3n) is 3.34. The summed E-state index contributed by atoms with van der Waals surface area (Å²) in [6.45, 7) is 5.32. The van der Waals surface area contributed by atoms with Crippen LogP contribution >= 0.6 is 11.6 Å². The maximum absolute atomic E-state index is 6.02. The molecule has 0 bridgehead atoms. The van der Waals surface area contributed by atoms with Gasteiger partial charge in [-0.3, -0.25) is 0 Å². The first-order valence-electron chi connectivity index (χ1n) is 6.07. The normalized spacial score (nSPS) is 11.5. The number of fused-ring (bicyclic) bond motifs is 1. The molecule has 0 radical (unpaired) electrons. The van der Waals surface area contributed by atoms with Crippen LogP contribution in [0.1, 0.15) is 26.7 Å². The van der Waals surface area contributed by atoms with Gasteiger partial charge in [-0.1, -0.05) is 38.3 Å². The molecular formula is C13H18ClN3. The van der Waals surface area contributed by atoms with Crippen LogP contribution in [0.3, 0.4) is 0 Å². The minimum absolute atomic E-state index is 0.578. The summed E-state index contributed by atoms with van der Waals surface area (Å²) < 4.78 is 2.07. The van der Waals surface area contributed by atoms with Crippen molar-refractivity contribution in [1.29, 1.82) is 0 Å². The van der Waals surface area contributed by atoms with E-state index in [0.29, 0.717) is 11.9 Å². The van der Waals surface area contributed by atoms with Crippen molar-refractivity contribution >= 4 is 28.6 Å². The number of nitrogen functional groups attached to an aromatic ring is 1. The molecule has 92 valence electrons. The lowest BCUT2D eigenvalue weighted by atomic mass is 10.0. The fourth-order valence-corrected chi connectivity index (χ4v) is 2.28. The largest absolute Gasteiger partial charge is 0.369 e. The Morgan fingerprint density at radius 2 is 2.06 bits per heavy atom. The minimum Gasteiger partial charge on any atom is -0.369 e. The second-order valence-electron chi connectivity index (χ2n) is 4.40. The van der Waals surface area contributed by atoms with Gasteiger partial charge in [0.1, 0.15) is 0 Å². The Bertz CT molecular complexity index is 515. The van der Waals surface area contributed by atoms with E-state index in [1.807, 2.05) is 18.2 Å². The molecule has 0 atom stereocenters. The summed E-state index contributed by atoms with van der Waals surface area (Å²) in [6, 6.07) is 5.69. The zero-order chi connectivity index (χ0) is 12.4. The average molecular weight is 252 g/mol. The van der Waals surface area contributed by atoms with Crippen LogP contribution in [0.4, 0.5) is 5.95 Å².